The van der Waals surface area contributed by atoms with Gasteiger partial charge in [0.25, 0.3) is 0 Å². The maximum absolute atomic E-state index is 4.33. The largest absolute Gasteiger partial charge is 0.382 e. The molecule has 0 amide bonds. The first-order valence-electron chi connectivity index (χ1n) is 9.51. The Labute approximate surface area is 149 Å². The summed E-state index contributed by atoms with van der Waals surface area (Å²) in [7, 11) is 0. The molecule has 0 aromatic heterocycles. The Hall–Kier alpha value is -1.50. The van der Waals surface area contributed by atoms with E-state index in [9.17, 15) is 0 Å². The van der Waals surface area contributed by atoms with Gasteiger partial charge < -0.3 is 5.32 Å². The van der Waals surface area contributed by atoms with Crippen LogP contribution in [-0.4, -0.2) is 6.04 Å². The van der Waals surface area contributed by atoms with Gasteiger partial charge in [-0.25, -0.2) is 0 Å². The first kappa shape index (κ1) is 18.8. The van der Waals surface area contributed by atoms with Crippen LogP contribution in [0.2, 0.25) is 0 Å². The highest BCUT2D eigenvalue weighted by atomic mass is 14.9. The summed E-state index contributed by atoms with van der Waals surface area (Å²) in [6.45, 7) is 15.6. The molecule has 0 saturated heterocycles. The van der Waals surface area contributed by atoms with Gasteiger partial charge in [-0.05, 0) is 54.7 Å². The molecule has 1 aliphatic carbocycles. The van der Waals surface area contributed by atoms with Gasteiger partial charge in [0.2, 0.25) is 0 Å². The molecule has 1 fully saturated rings. The monoisotopic (exact) mass is 325 g/mol. The van der Waals surface area contributed by atoms with E-state index in [0.717, 1.165) is 5.92 Å². The Morgan fingerprint density at radius 2 is 1.83 bits per heavy atom. The summed E-state index contributed by atoms with van der Waals surface area (Å²) in [5.41, 5.74) is 5.14. The molecule has 1 aromatic rings. The molecule has 24 heavy (non-hydrogen) atoms. The van der Waals surface area contributed by atoms with Gasteiger partial charge in [-0.1, -0.05) is 71.4 Å². The van der Waals surface area contributed by atoms with Gasteiger partial charge in [0, 0.05) is 17.3 Å². The van der Waals surface area contributed by atoms with Crippen LogP contribution in [0.1, 0.15) is 70.9 Å². The fourth-order valence-electron chi connectivity index (χ4n) is 3.31. The summed E-state index contributed by atoms with van der Waals surface area (Å²) < 4.78 is 0. The third-order valence-corrected chi connectivity index (χ3v) is 5.33. The zero-order valence-corrected chi connectivity index (χ0v) is 16.3. The third kappa shape index (κ3) is 5.26. The Kier molecular flexibility index (Phi) is 6.32. The van der Waals surface area contributed by atoms with Gasteiger partial charge in [-0.15, -0.1) is 0 Å². The maximum Gasteiger partial charge on any atom is 0.0421 e. The summed E-state index contributed by atoms with van der Waals surface area (Å²) in [4.78, 5) is 0. The summed E-state index contributed by atoms with van der Waals surface area (Å²) in [6, 6.07) is 9.24. The van der Waals surface area contributed by atoms with Crippen LogP contribution in [0, 0.1) is 18.3 Å². The van der Waals surface area contributed by atoms with Crippen LogP contribution < -0.4 is 5.32 Å². The van der Waals surface area contributed by atoms with E-state index < -0.39 is 0 Å². The molecule has 1 nitrogen and oxygen atoms in total. The number of rotatable bonds is 4. The molecule has 1 saturated carbocycles. The van der Waals surface area contributed by atoms with Gasteiger partial charge in [0.05, 0.1) is 0 Å². The van der Waals surface area contributed by atoms with Crippen molar-refractivity contribution in [3.63, 3.8) is 0 Å². The topological polar surface area (TPSA) is 12.0 Å². The molecular weight excluding hydrogens is 290 g/mol. The van der Waals surface area contributed by atoms with Gasteiger partial charge in [-0.3, -0.25) is 0 Å². The minimum atomic E-state index is 0.0909. The Morgan fingerprint density at radius 1 is 1.12 bits per heavy atom. The minimum absolute atomic E-state index is 0.0909. The number of aryl methyl sites for hydroxylation is 1. The third-order valence-electron chi connectivity index (χ3n) is 5.33. The molecule has 1 heteroatoms. The van der Waals surface area contributed by atoms with Crippen LogP contribution in [0.3, 0.4) is 0 Å². The zero-order valence-electron chi connectivity index (χ0n) is 16.3. The minimum Gasteiger partial charge on any atom is -0.382 e. The molecular formula is C23H35N. The van der Waals surface area contributed by atoms with E-state index in [2.05, 4.69) is 76.9 Å². The SMILES string of the molecule is C=C(/C=C(/NC1CCCC(C)CC1)c1ccccc1C)C(C)(C)C. The Morgan fingerprint density at radius 3 is 2.50 bits per heavy atom. The normalized spacial score (nSPS) is 22.8. The van der Waals surface area contributed by atoms with Crippen molar-refractivity contribution in [2.45, 2.75) is 72.8 Å². The summed E-state index contributed by atoms with van der Waals surface area (Å²) in [5.74, 6) is 0.868. The second-order valence-corrected chi connectivity index (χ2v) is 8.60. The van der Waals surface area contributed by atoms with Crippen LogP contribution in [0.25, 0.3) is 5.70 Å². The molecule has 0 radical (unpaired) electrons. The van der Waals surface area contributed by atoms with E-state index in [4.69, 9.17) is 0 Å². The van der Waals surface area contributed by atoms with Crippen LogP contribution in [0.4, 0.5) is 0 Å². The van der Waals surface area contributed by atoms with Crippen molar-refractivity contribution in [1.82, 2.24) is 5.32 Å². The predicted octanol–water partition coefficient (Wildman–Crippen LogP) is 6.50. The molecule has 1 N–H and O–H groups in total. The average molecular weight is 326 g/mol. The maximum atomic E-state index is 4.33. The van der Waals surface area contributed by atoms with Crippen molar-refractivity contribution in [2.24, 2.45) is 11.3 Å². The van der Waals surface area contributed by atoms with Gasteiger partial charge in [-0.2, -0.15) is 0 Å². The second-order valence-electron chi connectivity index (χ2n) is 8.60. The number of hydrogen-bond donors (Lipinski definition) is 1. The molecule has 0 bridgehead atoms. The van der Waals surface area contributed by atoms with Crippen molar-refractivity contribution >= 4 is 5.70 Å². The second kappa shape index (κ2) is 8.05. The van der Waals surface area contributed by atoms with Crippen molar-refractivity contribution < 1.29 is 0 Å². The molecule has 1 aromatic carbocycles. The number of nitrogens with one attached hydrogen (secondary N) is 1. The first-order chi connectivity index (χ1) is 11.3. The lowest BCUT2D eigenvalue weighted by atomic mass is 9.86. The number of hydrogen-bond acceptors (Lipinski definition) is 1. The van der Waals surface area contributed by atoms with Crippen molar-refractivity contribution in [2.75, 3.05) is 0 Å². The van der Waals surface area contributed by atoms with Gasteiger partial charge in [0.15, 0.2) is 0 Å². The lowest BCUT2D eigenvalue weighted by Crippen LogP contribution is -2.28. The first-order valence-corrected chi connectivity index (χ1v) is 9.51. The van der Waals surface area contributed by atoms with E-state index in [-0.39, 0.29) is 5.41 Å². The van der Waals surface area contributed by atoms with Gasteiger partial charge in [0.1, 0.15) is 0 Å². The highest BCUT2D eigenvalue weighted by Gasteiger charge is 2.19. The Bertz CT molecular complexity index is 588. The van der Waals surface area contributed by atoms with Crippen LogP contribution in [-0.2, 0) is 0 Å². The van der Waals surface area contributed by atoms with Crippen molar-refractivity contribution in [3.05, 3.63) is 53.6 Å². The molecule has 2 atom stereocenters. The molecule has 0 heterocycles. The molecule has 0 spiro atoms. The van der Waals surface area contributed by atoms with Crippen LogP contribution in [0.5, 0.6) is 0 Å². The van der Waals surface area contributed by atoms with Gasteiger partial charge >= 0.3 is 0 Å². The smallest absolute Gasteiger partial charge is 0.0421 e. The van der Waals surface area contributed by atoms with Crippen molar-refractivity contribution in [3.8, 4) is 0 Å². The molecule has 132 valence electrons. The predicted molar refractivity (Wildman–Crippen MR) is 107 cm³/mol. The lowest BCUT2D eigenvalue weighted by Gasteiger charge is -2.25. The lowest BCUT2D eigenvalue weighted by molar-refractivity contribution is 0.486. The van der Waals surface area contributed by atoms with E-state index in [1.165, 1.54) is 54.5 Å². The van der Waals surface area contributed by atoms with Crippen molar-refractivity contribution in [1.29, 1.82) is 0 Å². The van der Waals surface area contributed by atoms with E-state index in [0.29, 0.717) is 6.04 Å². The summed E-state index contributed by atoms with van der Waals surface area (Å²) in [5, 5.41) is 3.88. The molecule has 2 unspecified atom stereocenters. The fraction of sp³-hybridized carbons (Fsp3) is 0.565. The van der Waals surface area contributed by atoms with E-state index in [1.54, 1.807) is 0 Å². The number of benzene rings is 1. The summed E-state index contributed by atoms with van der Waals surface area (Å²) >= 11 is 0. The molecule has 0 aliphatic heterocycles. The summed E-state index contributed by atoms with van der Waals surface area (Å²) in [6.07, 6.45) is 8.86. The van der Waals surface area contributed by atoms with E-state index in [1.807, 2.05) is 0 Å². The van der Waals surface area contributed by atoms with E-state index >= 15 is 0 Å². The van der Waals surface area contributed by atoms with Crippen LogP contribution >= 0.6 is 0 Å². The highest BCUT2D eigenvalue weighted by Crippen LogP contribution is 2.30. The highest BCUT2D eigenvalue weighted by molar-refractivity contribution is 5.69. The number of allylic oxidation sites excluding steroid dienone is 2. The fourth-order valence-corrected chi connectivity index (χ4v) is 3.31. The average Bonchev–Trinajstić information content (AvgIpc) is 2.71. The zero-order chi connectivity index (χ0) is 17.7. The van der Waals surface area contributed by atoms with Crippen LogP contribution in [0.15, 0.2) is 42.5 Å². The Balaban J connectivity index is 2.28. The standard InChI is InChI=1S/C23H35N/c1-17-10-9-12-20(15-14-17)24-22(16-19(3)23(4,5)6)21-13-8-7-11-18(21)2/h7-8,11,13,16-17,20,24H,3,9-10,12,14-15H2,1-2,4-6H3/b22-16+. The quantitative estimate of drug-likeness (QED) is 0.492. The molecule has 1 aliphatic rings. The molecule has 2 rings (SSSR count).